The highest BCUT2D eigenvalue weighted by molar-refractivity contribution is 7.89. The van der Waals surface area contributed by atoms with Gasteiger partial charge in [-0.1, -0.05) is 38.5 Å². The van der Waals surface area contributed by atoms with Crippen LogP contribution in [-0.4, -0.2) is 38.3 Å². The number of anilines is 1. The second-order valence-corrected chi connectivity index (χ2v) is 8.63. The molecule has 2 rings (SSSR count). The molecular formula is C22H27N3O6S. The molecule has 32 heavy (non-hydrogen) atoms. The molecule has 2 aromatic rings. The number of sulfonamides is 1. The molecule has 0 heterocycles. The number of nitrogens with two attached hydrogens (primary N) is 1. The highest BCUT2D eigenvalue weighted by Crippen LogP contribution is 2.14. The van der Waals surface area contributed by atoms with E-state index in [1.165, 1.54) is 24.3 Å². The zero-order valence-electron chi connectivity index (χ0n) is 17.9. The number of benzene rings is 2. The molecule has 0 aliphatic carbocycles. The Balaban J connectivity index is 2.03. The number of rotatable bonds is 10. The van der Waals surface area contributed by atoms with Crippen LogP contribution < -0.4 is 15.8 Å². The Morgan fingerprint density at radius 2 is 1.62 bits per heavy atom. The van der Waals surface area contributed by atoms with Gasteiger partial charge in [-0.3, -0.25) is 9.59 Å². The Kier molecular flexibility index (Phi) is 8.91. The summed E-state index contributed by atoms with van der Waals surface area (Å²) in [7, 11) is -3.85. The summed E-state index contributed by atoms with van der Waals surface area (Å²) in [5.41, 5.74) is 0.730. The van der Waals surface area contributed by atoms with E-state index in [4.69, 9.17) is 9.88 Å². The molecule has 0 aromatic heterocycles. The highest BCUT2D eigenvalue weighted by Gasteiger charge is 2.28. The van der Waals surface area contributed by atoms with Crippen LogP contribution in [0.4, 0.5) is 5.69 Å². The van der Waals surface area contributed by atoms with Gasteiger partial charge in [0.05, 0.1) is 4.90 Å². The summed E-state index contributed by atoms with van der Waals surface area (Å²) in [4.78, 5) is 37.6. The van der Waals surface area contributed by atoms with E-state index in [-0.39, 0.29) is 11.3 Å². The molecule has 10 heteroatoms. The third-order valence-electron chi connectivity index (χ3n) is 4.58. The fourth-order valence-corrected chi connectivity index (χ4v) is 3.38. The SMILES string of the molecule is CCC[C@H](NC(=O)c1ccccc1)C(=O)O[C@@H](CC)C(=O)Nc1ccc(S(N)(=O)=O)cc1. The van der Waals surface area contributed by atoms with Crippen LogP contribution in [-0.2, 0) is 24.3 Å². The van der Waals surface area contributed by atoms with Crippen molar-refractivity contribution in [3.8, 4) is 0 Å². The summed E-state index contributed by atoms with van der Waals surface area (Å²) in [6.07, 6.45) is 0.0882. The zero-order chi connectivity index (χ0) is 23.7. The maximum absolute atomic E-state index is 12.7. The number of amides is 2. The van der Waals surface area contributed by atoms with Gasteiger partial charge in [0, 0.05) is 11.3 Å². The molecule has 0 saturated heterocycles. The second-order valence-electron chi connectivity index (χ2n) is 7.07. The van der Waals surface area contributed by atoms with E-state index in [1.54, 1.807) is 37.3 Å². The number of primary sulfonamides is 1. The first-order valence-corrected chi connectivity index (χ1v) is 11.7. The lowest BCUT2D eigenvalue weighted by atomic mass is 10.1. The molecule has 172 valence electrons. The smallest absolute Gasteiger partial charge is 0.329 e. The van der Waals surface area contributed by atoms with Crippen LogP contribution in [0, 0.1) is 0 Å². The zero-order valence-corrected chi connectivity index (χ0v) is 18.7. The highest BCUT2D eigenvalue weighted by atomic mass is 32.2. The molecular weight excluding hydrogens is 434 g/mol. The van der Waals surface area contributed by atoms with Crippen LogP contribution in [0.5, 0.6) is 0 Å². The van der Waals surface area contributed by atoms with Crippen molar-refractivity contribution in [2.24, 2.45) is 5.14 Å². The molecule has 0 aliphatic heterocycles. The van der Waals surface area contributed by atoms with Gasteiger partial charge in [0.15, 0.2) is 6.10 Å². The predicted octanol–water partition coefficient (Wildman–Crippen LogP) is 2.19. The van der Waals surface area contributed by atoms with Gasteiger partial charge >= 0.3 is 5.97 Å². The van der Waals surface area contributed by atoms with Crippen LogP contribution in [0.25, 0.3) is 0 Å². The standard InChI is InChI=1S/C22H27N3O6S/c1-3-8-18(25-20(26)15-9-6-5-7-10-15)22(28)31-19(4-2)21(27)24-16-11-13-17(14-12-16)32(23,29)30/h5-7,9-14,18-19H,3-4,8H2,1-2H3,(H,24,27)(H,25,26)(H2,23,29,30)/t18-,19-/m0/s1. The second kappa shape index (κ2) is 11.4. The summed E-state index contributed by atoms with van der Waals surface area (Å²) in [5.74, 6) is -1.69. The Morgan fingerprint density at radius 3 is 2.16 bits per heavy atom. The van der Waals surface area contributed by atoms with E-state index < -0.39 is 40.0 Å². The Bertz CT molecular complexity index is 1040. The average Bonchev–Trinajstić information content (AvgIpc) is 2.77. The Hall–Kier alpha value is -3.24. The molecule has 0 fully saturated rings. The van der Waals surface area contributed by atoms with E-state index >= 15 is 0 Å². The van der Waals surface area contributed by atoms with Gasteiger partial charge in [0.2, 0.25) is 10.0 Å². The van der Waals surface area contributed by atoms with Crippen molar-refractivity contribution in [3.63, 3.8) is 0 Å². The first-order chi connectivity index (χ1) is 15.2. The number of carbonyl (C=O) groups is 3. The molecule has 2 atom stereocenters. The van der Waals surface area contributed by atoms with E-state index in [2.05, 4.69) is 10.6 Å². The Morgan fingerprint density at radius 1 is 1.00 bits per heavy atom. The maximum Gasteiger partial charge on any atom is 0.329 e. The lowest BCUT2D eigenvalue weighted by Gasteiger charge is -2.21. The number of nitrogens with one attached hydrogen (secondary N) is 2. The van der Waals surface area contributed by atoms with Crippen molar-refractivity contribution in [1.29, 1.82) is 0 Å². The fourth-order valence-electron chi connectivity index (χ4n) is 2.86. The van der Waals surface area contributed by atoms with Crippen molar-refractivity contribution in [2.45, 2.75) is 50.2 Å². The van der Waals surface area contributed by atoms with E-state index in [0.717, 1.165) is 0 Å². The molecule has 4 N–H and O–H groups in total. The minimum Gasteiger partial charge on any atom is -0.451 e. The van der Waals surface area contributed by atoms with E-state index in [1.807, 2.05) is 6.92 Å². The van der Waals surface area contributed by atoms with Crippen LogP contribution in [0.3, 0.4) is 0 Å². The fraction of sp³-hybridized carbons (Fsp3) is 0.318. The van der Waals surface area contributed by atoms with Crippen LogP contribution >= 0.6 is 0 Å². The minimum absolute atomic E-state index is 0.0921. The van der Waals surface area contributed by atoms with Gasteiger partial charge in [-0.2, -0.15) is 0 Å². The molecule has 0 radical (unpaired) electrons. The van der Waals surface area contributed by atoms with Crippen molar-refractivity contribution >= 4 is 33.5 Å². The van der Waals surface area contributed by atoms with E-state index in [9.17, 15) is 22.8 Å². The van der Waals surface area contributed by atoms with Gasteiger partial charge in [-0.15, -0.1) is 0 Å². The van der Waals surface area contributed by atoms with Crippen LogP contribution in [0.2, 0.25) is 0 Å². The third kappa shape index (κ3) is 7.17. The van der Waals surface area contributed by atoms with Crippen molar-refractivity contribution in [3.05, 3.63) is 60.2 Å². The molecule has 0 spiro atoms. The summed E-state index contributed by atoms with van der Waals surface area (Å²) >= 11 is 0. The van der Waals surface area contributed by atoms with Gasteiger partial charge in [0.1, 0.15) is 6.04 Å². The topological polar surface area (TPSA) is 145 Å². The third-order valence-corrected chi connectivity index (χ3v) is 5.50. The lowest BCUT2D eigenvalue weighted by molar-refractivity contribution is -0.156. The number of carbonyl (C=O) groups excluding carboxylic acids is 3. The summed E-state index contributed by atoms with van der Waals surface area (Å²) in [6.45, 7) is 3.54. The van der Waals surface area contributed by atoms with Crippen molar-refractivity contribution in [1.82, 2.24) is 5.32 Å². The number of hydrogen-bond acceptors (Lipinski definition) is 6. The van der Waals surface area contributed by atoms with Gasteiger partial charge in [-0.05, 0) is 49.2 Å². The number of hydrogen-bond donors (Lipinski definition) is 3. The predicted molar refractivity (Wildman–Crippen MR) is 119 cm³/mol. The lowest BCUT2D eigenvalue weighted by Crippen LogP contribution is -2.44. The first-order valence-electron chi connectivity index (χ1n) is 10.2. The number of ether oxygens (including phenoxy) is 1. The molecule has 0 bridgehead atoms. The van der Waals surface area contributed by atoms with Crippen molar-refractivity contribution < 1.29 is 27.5 Å². The van der Waals surface area contributed by atoms with Crippen LogP contribution in [0.15, 0.2) is 59.5 Å². The molecule has 0 saturated carbocycles. The minimum atomic E-state index is -3.85. The Labute approximate surface area is 187 Å². The largest absolute Gasteiger partial charge is 0.451 e. The van der Waals surface area contributed by atoms with Gasteiger partial charge in [-0.25, -0.2) is 18.4 Å². The molecule has 2 amide bonds. The van der Waals surface area contributed by atoms with Gasteiger partial charge in [0.25, 0.3) is 11.8 Å². The maximum atomic E-state index is 12.7. The quantitative estimate of drug-likeness (QED) is 0.463. The normalized spacial score (nSPS) is 13.0. The van der Waals surface area contributed by atoms with Crippen LogP contribution in [0.1, 0.15) is 43.5 Å². The molecule has 2 aromatic carbocycles. The monoisotopic (exact) mass is 461 g/mol. The first kappa shape index (κ1) is 25.0. The summed E-state index contributed by atoms with van der Waals surface area (Å²) in [6, 6.07) is 12.9. The molecule has 0 unspecified atom stereocenters. The molecule has 9 nitrogen and oxygen atoms in total. The van der Waals surface area contributed by atoms with Crippen molar-refractivity contribution in [2.75, 3.05) is 5.32 Å². The van der Waals surface area contributed by atoms with E-state index in [0.29, 0.717) is 24.1 Å². The number of esters is 1. The molecule has 0 aliphatic rings. The average molecular weight is 462 g/mol. The van der Waals surface area contributed by atoms with Gasteiger partial charge < -0.3 is 15.4 Å². The summed E-state index contributed by atoms with van der Waals surface area (Å²) < 4.78 is 28.0. The summed E-state index contributed by atoms with van der Waals surface area (Å²) in [5, 5.41) is 10.3.